The molecule has 0 aliphatic rings. The zero-order valence-electron chi connectivity index (χ0n) is 9.67. The molecule has 0 fully saturated rings. The lowest BCUT2D eigenvalue weighted by atomic mass is 10.2. The largest absolute Gasteiger partial charge is 0.508 e. The normalized spacial score (nSPS) is 13.1. The minimum Gasteiger partial charge on any atom is -0.508 e. The Labute approximate surface area is 100 Å². The van der Waals surface area contributed by atoms with Gasteiger partial charge in [0, 0.05) is 18.4 Å². The number of carbonyl (C=O) groups excluding carboxylic acids is 1. The van der Waals surface area contributed by atoms with Crippen LogP contribution in [0.4, 0.5) is 0 Å². The molecule has 0 bridgehead atoms. The van der Waals surface area contributed by atoms with Crippen LogP contribution in [0.2, 0.25) is 0 Å². The summed E-state index contributed by atoms with van der Waals surface area (Å²) in [6.45, 7) is 1.43. The van der Waals surface area contributed by atoms with Crippen molar-refractivity contribution in [3.05, 3.63) is 29.8 Å². The summed E-state index contributed by atoms with van der Waals surface area (Å²) in [7, 11) is -3.39. The highest BCUT2D eigenvalue weighted by molar-refractivity contribution is 7.92. The van der Waals surface area contributed by atoms with E-state index in [9.17, 15) is 18.3 Å². The van der Waals surface area contributed by atoms with E-state index in [1.165, 1.54) is 13.0 Å². The predicted octanol–water partition coefficient (Wildman–Crippen LogP) is 0.441. The average molecular weight is 257 g/mol. The SMILES string of the molecule is CC(C(=O)NCc1ccccc1O)S(C)(=O)=O. The quantitative estimate of drug-likeness (QED) is 0.820. The van der Waals surface area contributed by atoms with Gasteiger partial charge in [0.25, 0.3) is 0 Å². The molecule has 5 nitrogen and oxygen atoms in total. The molecule has 1 aromatic carbocycles. The number of amides is 1. The van der Waals surface area contributed by atoms with Crippen LogP contribution in [0.25, 0.3) is 0 Å². The van der Waals surface area contributed by atoms with Gasteiger partial charge >= 0.3 is 0 Å². The Hall–Kier alpha value is -1.56. The second kappa shape index (κ2) is 5.18. The predicted molar refractivity (Wildman–Crippen MR) is 64.3 cm³/mol. The molecule has 1 rings (SSSR count). The van der Waals surface area contributed by atoms with Gasteiger partial charge in [0.05, 0.1) is 0 Å². The third kappa shape index (κ3) is 3.74. The smallest absolute Gasteiger partial charge is 0.238 e. The first-order valence-corrected chi connectivity index (χ1v) is 7.01. The number of benzene rings is 1. The standard InChI is InChI=1S/C11H15NO4S/c1-8(17(2,15)16)11(14)12-7-9-5-3-4-6-10(9)13/h3-6,8,13H,7H2,1-2H3,(H,12,14). The van der Waals surface area contributed by atoms with Crippen LogP contribution in [0.15, 0.2) is 24.3 Å². The first-order valence-electron chi connectivity index (χ1n) is 5.06. The lowest BCUT2D eigenvalue weighted by Crippen LogP contribution is -2.36. The van der Waals surface area contributed by atoms with Crippen molar-refractivity contribution >= 4 is 15.7 Å². The van der Waals surface area contributed by atoms with E-state index in [1.54, 1.807) is 18.2 Å². The Morgan fingerprint density at radius 1 is 1.41 bits per heavy atom. The van der Waals surface area contributed by atoms with E-state index < -0.39 is 21.0 Å². The Balaban J connectivity index is 2.64. The minimum atomic E-state index is -3.39. The summed E-state index contributed by atoms with van der Waals surface area (Å²) >= 11 is 0. The molecular weight excluding hydrogens is 242 g/mol. The van der Waals surface area contributed by atoms with Gasteiger partial charge in [-0.2, -0.15) is 0 Å². The van der Waals surface area contributed by atoms with Crippen molar-refractivity contribution in [3.8, 4) is 5.75 Å². The third-order valence-electron chi connectivity index (χ3n) is 2.46. The van der Waals surface area contributed by atoms with Gasteiger partial charge in [0.1, 0.15) is 11.0 Å². The first-order chi connectivity index (χ1) is 7.82. The summed E-state index contributed by atoms with van der Waals surface area (Å²) in [6.07, 6.45) is 1.01. The lowest BCUT2D eigenvalue weighted by Gasteiger charge is -2.11. The molecule has 0 radical (unpaired) electrons. The molecule has 0 aliphatic carbocycles. The van der Waals surface area contributed by atoms with Crippen LogP contribution in [-0.2, 0) is 21.2 Å². The van der Waals surface area contributed by atoms with Gasteiger partial charge < -0.3 is 10.4 Å². The van der Waals surface area contributed by atoms with Gasteiger partial charge in [-0.1, -0.05) is 18.2 Å². The molecule has 0 aliphatic heterocycles. The van der Waals surface area contributed by atoms with E-state index in [0.717, 1.165) is 6.26 Å². The van der Waals surface area contributed by atoms with Crippen LogP contribution in [0.1, 0.15) is 12.5 Å². The summed E-state index contributed by atoms with van der Waals surface area (Å²) in [6, 6.07) is 6.54. The number of hydrogen-bond acceptors (Lipinski definition) is 4. The molecule has 0 spiro atoms. The van der Waals surface area contributed by atoms with E-state index in [4.69, 9.17) is 0 Å². The maximum absolute atomic E-state index is 11.5. The molecule has 0 heterocycles. The second-order valence-electron chi connectivity index (χ2n) is 3.82. The Morgan fingerprint density at radius 2 is 2.00 bits per heavy atom. The monoisotopic (exact) mass is 257 g/mol. The van der Waals surface area contributed by atoms with Crippen molar-refractivity contribution in [2.45, 2.75) is 18.7 Å². The summed E-state index contributed by atoms with van der Waals surface area (Å²) in [5.41, 5.74) is 0.543. The molecule has 2 N–H and O–H groups in total. The molecule has 17 heavy (non-hydrogen) atoms. The Bertz CT molecular complexity index is 510. The number of phenolic OH excluding ortho intramolecular Hbond substituents is 1. The molecule has 1 unspecified atom stereocenters. The molecule has 0 saturated heterocycles. The van der Waals surface area contributed by atoms with Gasteiger partial charge in [-0.15, -0.1) is 0 Å². The van der Waals surface area contributed by atoms with E-state index in [2.05, 4.69) is 5.32 Å². The molecule has 1 amide bonds. The van der Waals surface area contributed by atoms with Gasteiger partial charge in [-0.25, -0.2) is 8.42 Å². The second-order valence-corrected chi connectivity index (χ2v) is 6.18. The Kier molecular flexibility index (Phi) is 4.11. The van der Waals surface area contributed by atoms with Gasteiger partial charge in [0.2, 0.25) is 5.91 Å². The van der Waals surface area contributed by atoms with Crippen molar-refractivity contribution in [2.24, 2.45) is 0 Å². The molecule has 0 saturated carbocycles. The highest BCUT2D eigenvalue weighted by Crippen LogP contribution is 2.14. The number of para-hydroxylation sites is 1. The molecule has 6 heteroatoms. The van der Waals surface area contributed by atoms with Gasteiger partial charge in [-0.3, -0.25) is 4.79 Å². The van der Waals surface area contributed by atoms with Crippen LogP contribution >= 0.6 is 0 Å². The third-order valence-corrected chi connectivity index (χ3v) is 3.95. The highest BCUT2D eigenvalue weighted by atomic mass is 32.2. The Morgan fingerprint density at radius 3 is 2.53 bits per heavy atom. The van der Waals surface area contributed by atoms with Crippen molar-refractivity contribution in [1.82, 2.24) is 5.32 Å². The van der Waals surface area contributed by atoms with Crippen LogP contribution in [-0.4, -0.2) is 30.9 Å². The number of carbonyl (C=O) groups is 1. The van der Waals surface area contributed by atoms with Crippen LogP contribution < -0.4 is 5.32 Å². The molecule has 1 aromatic rings. The fraction of sp³-hybridized carbons (Fsp3) is 0.364. The van der Waals surface area contributed by atoms with Gasteiger partial charge in [0.15, 0.2) is 9.84 Å². The number of nitrogens with one attached hydrogen (secondary N) is 1. The molecular formula is C11H15NO4S. The van der Waals surface area contributed by atoms with Crippen molar-refractivity contribution in [1.29, 1.82) is 0 Å². The number of rotatable bonds is 4. The van der Waals surface area contributed by atoms with Crippen molar-refractivity contribution in [2.75, 3.05) is 6.26 Å². The van der Waals surface area contributed by atoms with Crippen LogP contribution in [0, 0.1) is 0 Å². The topological polar surface area (TPSA) is 83.5 Å². The van der Waals surface area contributed by atoms with Gasteiger partial charge in [-0.05, 0) is 13.0 Å². The fourth-order valence-corrected chi connectivity index (χ4v) is 1.65. The molecule has 1 atom stereocenters. The average Bonchev–Trinajstić information content (AvgIpc) is 2.25. The summed E-state index contributed by atoms with van der Waals surface area (Å²) in [5.74, 6) is -0.504. The molecule has 0 aromatic heterocycles. The summed E-state index contributed by atoms with van der Waals surface area (Å²) < 4.78 is 22.3. The van der Waals surface area contributed by atoms with E-state index >= 15 is 0 Å². The van der Waals surface area contributed by atoms with Crippen LogP contribution in [0.3, 0.4) is 0 Å². The lowest BCUT2D eigenvalue weighted by molar-refractivity contribution is -0.120. The number of sulfone groups is 1. The number of phenols is 1. The molecule has 94 valence electrons. The highest BCUT2D eigenvalue weighted by Gasteiger charge is 2.23. The van der Waals surface area contributed by atoms with Crippen molar-refractivity contribution < 1.29 is 18.3 Å². The van der Waals surface area contributed by atoms with Crippen LogP contribution in [0.5, 0.6) is 5.75 Å². The maximum Gasteiger partial charge on any atom is 0.238 e. The van der Waals surface area contributed by atoms with E-state index in [1.807, 2.05) is 0 Å². The summed E-state index contributed by atoms with van der Waals surface area (Å²) in [4.78, 5) is 11.5. The van der Waals surface area contributed by atoms with E-state index in [0.29, 0.717) is 5.56 Å². The fourth-order valence-electron chi connectivity index (χ4n) is 1.18. The zero-order chi connectivity index (χ0) is 13.1. The van der Waals surface area contributed by atoms with Crippen molar-refractivity contribution in [3.63, 3.8) is 0 Å². The minimum absolute atomic E-state index is 0.0693. The summed E-state index contributed by atoms with van der Waals surface area (Å²) in [5, 5.41) is 10.8. The van der Waals surface area contributed by atoms with E-state index in [-0.39, 0.29) is 12.3 Å². The maximum atomic E-state index is 11.5. The number of aromatic hydroxyl groups is 1. The first kappa shape index (κ1) is 13.5. The number of hydrogen-bond donors (Lipinski definition) is 2. The zero-order valence-corrected chi connectivity index (χ0v) is 10.5.